The highest BCUT2D eigenvalue weighted by molar-refractivity contribution is 4.66. The molecule has 0 heterocycles. The molecule has 0 radical (unpaired) electrons. The van der Waals surface area contributed by atoms with Crippen molar-refractivity contribution in [1.82, 2.24) is 10.2 Å². The normalized spacial score (nSPS) is 13.9. The second-order valence-electron chi connectivity index (χ2n) is 2.88. The lowest BCUT2D eigenvalue weighted by molar-refractivity contribution is 0.227. The van der Waals surface area contributed by atoms with Gasteiger partial charge in [0, 0.05) is 12.6 Å². The minimum Gasteiger partial charge on any atom is -0.315 e. The lowest BCUT2D eigenvalue weighted by atomic mass is 10.3. The molecule has 2 nitrogen and oxygen atoms in total. The summed E-state index contributed by atoms with van der Waals surface area (Å²) in [6.45, 7) is 13.3. The molecule has 0 aliphatic rings. The molecular formula is C9H22N2. The Hall–Kier alpha value is -0.0800. The molecule has 0 spiro atoms. The van der Waals surface area contributed by atoms with Gasteiger partial charge >= 0.3 is 0 Å². The second kappa shape index (κ2) is 6.62. The summed E-state index contributed by atoms with van der Waals surface area (Å²) in [4.78, 5) is 2.46. The molecule has 0 aromatic carbocycles. The van der Waals surface area contributed by atoms with Crippen molar-refractivity contribution in [3.8, 4) is 0 Å². The Morgan fingerprint density at radius 2 is 1.73 bits per heavy atom. The topological polar surface area (TPSA) is 15.3 Å². The molecule has 0 aliphatic carbocycles. The molecule has 0 amide bonds. The Morgan fingerprint density at radius 3 is 2.09 bits per heavy atom. The van der Waals surface area contributed by atoms with Crippen LogP contribution in [0.1, 0.15) is 27.7 Å². The van der Waals surface area contributed by atoms with E-state index in [2.05, 4.69) is 37.9 Å². The molecule has 0 saturated carbocycles. The molecule has 1 N–H and O–H groups in total. The van der Waals surface area contributed by atoms with Crippen molar-refractivity contribution >= 4 is 0 Å². The van der Waals surface area contributed by atoms with Gasteiger partial charge in [-0.3, -0.25) is 4.90 Å². The summed E-state index contributed by atoms with van der Waals surface area (Å²) < 4.78 is 0. The summed E-state index contributed by atoms with van der Waals surface area (Å²) in [5.41, 5.74) is 0. The van der Waals surface area contributed by atoms with Crippen LogP contribution in [-0.2, 0) is 0 Å². The van der Waals surface area contributed by atoms with Crippen LogP contribution >= 0.6 is 0 Å². The molecule has 0 aliphatic heterocycles. The van der Waals surface area contributed by atoms with Crippen LogP contribution in [0, 0.1) is 0 Å². The van der Waals surface area contributed by atoms with E-state index >= 15 is 0 Å². The zero-order valence-electron chi connectivity index (χ0n) is 8.35. The predicted octanol–water partition coefficient (Wildman–Crippen LogP) is 1.33. The number of hydrogen-bond donors (Lipinski definition) is 1. The van der Waals surface area contributed by atoms with Crippen LogP contribution in [0.25, 0.3) is 0 Å². The maximum absolute atomic E-state index is 3.36. The first-order chi connectivity index (χ1) is 5.26. The van der Waals surface area contributed by atoms with Crippen LogP contribution in [0.5, 0.6) is 0 Å². The van der Waals surface area contributed by atoms with Crippen molar-refractivity contribution in [2.24, 2.45) is 0 Å². The SMILES string of the molecule is CCNC[C@H](C)N(CC)CC. The average Bonchev–Trinajstić information content (AvgIpc) is 2.03. The molecule has 0 unspecified atom stereocenters. The van der Waals surface area contributed by atoms with E-state index in [1.807, 2.05) is 0 Å². The molecule has 11 heavy (non-hydrogen) atoms. The average molecular weight is 158 g/mol. The largest absolute Gasteiger partial charge is 0.315 e. The van der Waals surface area contributed by atoms with E-state index in [1.165, 1.54) is 0 Å². The predicted molar refractivity (Wildman–Crippen MR) is 50.9 cm³/mol. The molecule has 0 rings (SSSR count). The summed E-state index contributed by atoms with van der Waals surface area (Å²) >= 11 is 0. The van der Waals surface area contributed by atoms with E-state index < -0.39 is 0 Å². The van der Waals surface area contributed by atoms with E-state index in [0.29, 0.717) is 6.04 Å². The van der Waals surface area contributed by atoms with E-state index in [-0.39, 0.29) is 0 Å². The van der Waals surface area contributed by atoms with E-state index in [9.17, 15) is 0 Å². The van der Waals surface area contributed by atoms with Gasteiger partial charge in [-0.2, -0.15) is 0 Å². The number of nitrogens with zero attached hydrogens (tertiary/aromatic N) is 1. The first-order valence-corrected chi connectivity index (χ1v) is 4.70. The Balaban J connectivity index is 3.51. The highest BCUT2D eigenvalue weighted by Gasteiger charge is 2.07. The minimum absolute atomic E-state index is 0.671. The van der Waals surface area contributed by atoms with Crippen molar-refractivity contribution in [3.63, 3.8) is 0 Å². The van der Waals surface area contributed by atoms with Crippen LogP contribution in [0.3, 0.4) is 0 Å². The summed E-state index contributed by atoms with van der Waals surface area (Å²) in [5.74, 6) is 0. The summed E-state index contributed by atoms with van der Waals surface area (Å²) in [5, 5.41) is 3.36. The first kappa shape index (κ1) is 10.9. The number of nitrogens with one attached hydrogen (secondary N) is 1. The Morgan fingerprint density at radius 1 is 1.18 bits per heavy atom. The van der Waals surface area contributed by atoms with Gasteiger partial charge in [-0.15, -0.1) is 0 Å². The van der Waals surface area contributed by atoms with Gasteiger partial charge < -0.3 is 5.32 Å². The minimum atomic E-state index is 0.671. The third kappa shape index (κ3) is 4.38. The lowest BCUT2D eigenvalue weighted by Crippen LogP contribution is -2.40. The molecule has 0 fully saturated rings. The van der Waals surface area contributed by atoms with Crippen LogP contribution in [0.15, 0.2) is 0 Å². The fourth-order valence-electron chi connectivity index (χ4n) is 1.33. The van der Waals surface area contributed by atoms with Gasteiger partial charge in [-0.1, -0.05) is 20.8 Å². The molecule has 0 bridgehead atoms. The molecule has 0 saturated heterocycles. The number of hydrogen-bond acceptors (Lipinski definition) is 2. The number of rotatable bonds is 6. The van der Waals surface area contributed by atoms with Gasteiger partial charge in [0.05, 0.1) is 0 Å². The molecule has 1 atom stereocenters. The fraction of sp³-hybridized carbons (Fsp3) is 1.00. The van der Waals surface area contributed by atoms with Crippen molar-refractivity contribution in [2.75, 3.05) is 26.2 Å². The van der Waals surface area contributed by atoms with E-state index in [4.69, 9.17) is 0 Å². The highest BCUT2D eigenvalue weighted by atomic mass is 15.2. The smallest absolute Gasteiger partial charge is 0.0192 e. The van der Waals surface area contributed by atoms with Gasteiger partial charge in [0.25, 0.3) is 0 Å². The van der Waals surface area contributed by atoms with Crippen LogP contribution in [0.4, 0.5) is 0 Å². The fourth-order valence-corrected chi connectivity index (χ4v) is 1.33. The standard InChI is InChI=1S/C9H22N2/c1-5-10-8-9(4)11(6-2)7-3/h9-10H,5-8H2,1-4H3/t9-/m0/s1. The van der Waals surface area contributed by atoms with Crippen molar-refractivity contribution < 1.29 is 0 Å². The van der Waals surface area contributed by atoms with E-state index in [1.54, 1.807) is 0 Å². The maximum Gasteiger partial charge on any atom is 0.0192 e. The lowest BCUT2D eigenvalue weighted by Gasteiger charge is -2.26. The first-order valence-electron chi connectivity index (χ1n) is 4.70. The van der Waals surface area contributed by atoms with Gasteiger partial charge in [0.15, 0.2) is 0 Å². The molecule has 0 aromatic rings. The summed E-state index contributed by atoms with van der Waals surface area (Å²) in [6, 6.07) is 0.671. The van der Waals surface area contributed by atoms with Gasteiger partial charge in [0.1, 0.15) is 0 Å². The summed E-state index contributed by atoms with van der Waals surface area (Å²) in [6.07, 6.45) is 0. The molecule has 0 aromatic heterocycles. The van der Waals surface area contributed by atoms with Crippen LogP contribution < -0.4 is 5.32 Å². The zero-order chi connectivity index (χ0) is 8.69. The second-order valence-corrected chi connectivity index (χ2v) is 2.88. The van der Waals surface area contributed by atoms with Crippen molar-refractivity contribution in [1.29, 1.82) is 0 Å². The van der Waals surface area contributed by atoms with Crippen LogP contribution in [0.2, 0.25) is 0 Å². The molecule has 68 valence electrons. The van der Waals surface area contributed by atoms with Crippen molar-refractivity contribution in [3.05, 3.63) is 0 Å². The third-order valence-electron chi connectivity index (χ3n) is 2.13. The molecular weight excluding hydrogens is 136 g/mol. The molecule has 2 heteroatoms. The van der Waals surface area contributed by atoms with Crippen molar-refractivity contribution in [2.45, 2.75) is 33.7 Å². The van der Waals surface area contributed by atoms with Gasteiger partial charge in [-0.25, -0.2) is 0 Å². The monoisotopic (exact) mass is 158 g/mol. The van der Waals surface area contributed by atoms with Gasteiger partial charge in [-0.05, 0) is 26.6 Å². The quantitative estimate of drug-likeness (QED) is 0.627. The Kier molecular flexibility index (Phi) is 6.57. The number of likely N-dealkylation sites (N-methyl/N-ethyl adjacent to an activating group) is 2. The maximum atomic E-state index is 3.36. The Bertz CT molecular complexity index is 79.6. The van der Waals surface area contributed by atoms with E-state index in [0.717, 1.165) is 26.2 Å². The summed E-state index contributed by atoms with van der Waals surface area (Å²) in [7, 11) is 0. The highest BCUT2D eigenvalue weighted by Crippen LogP contribution is 1.95. The van der Waals surface area contributed by atoms with Crippen LogP contribution in [-0.4, -0.2) is 37.1 Å². The van der Waals surface area contributed by atoms with Gasteiger partial charge in [0.2, 0.25) is 0 Å². The third-order valence-corrected chi connectivity index (χ3v) is 2.13. The Labute approximate surface area is 71.0 Å². The zero-order valence-corrected chi connectivity index (χ0v) is 8.35.